The quantitative estimate of drug-likeness (QED) is 0.705. The molecular weight excluding hydrogens is 224 g/mol. The van der Waals surface area contributed by atoms with Gasteiger partial charge in [0.1, 0.15) is 5.82 Å². The van der Waals surface area contributed by atoms with Crippen molar-refractivity contribution in [3.05, 3.63) is 48.3 Å². The molecule has 4 nitrogen and oxygen atoms in total. The lowest BCUT2D eigenvalue weighted by atomic mass is 10.1. The Kier molecular flexibility index (Phi) is 2.41. The predicted molar refractivity (Wildman–Crippen MR) is 71.9 cm³/mol. The zero-order valence-corrected chi connectivity index (χ0v) is 9.96. The minimum absolute atomic E-state index is 0.490. The summed E-state index contributed by atoms with van der Waals surface area (Å²) in [5, 5.41) is 1.07. The molecule has 0 aliphatic carbocycles. The van der Waals surface area contributed by atoms with Crippen LogP contribution in [0.3, 0.4) is 0 Å². The number of rotatable bonds is 1. The van der Waals surface area contributed by atoms with E-state index in [4.69, 9.17) is 5.73 Å². The fraction of sp³-hybridized carbons (Fsp3) is 0.0714. The van der Waals surface area contributed by atoms with Crippen LogP contribution in [0, 0.1) is 6.92 Å². The van der Waals surface area contributed by atoms with Gasteiger partial charge in [-0.3, -0.25) is 4.98 Å². The van der Waals surface area contributed by atoms with Crippen molar-refractivity contribution < 1.29 is 0 Å². The molecule has 88 valence electrons. The van der Waals surface area contributed by atoms with Crippen LogP contribution in [-0.4, -0.2) is 15.0 Å². The number of aromatic nitrogens is 3. The molecule has 0 aliphatic rings. The average Bonchev–Trinajstić information content (AvgIpc) is 2.37. The number of nitrogen functional groups attached to an aromatic ring is 1. The van der Waals surface area contributed by atoms with Crippen LogP contribution >= 0.6 is 0 Å². The normalized spacial score (nSPS) is 10.7. The van der Waals surface area contributed by atoms with E-state index in [-0.39, 0.29) is 0 Å². The molecule has 1 aromatic carbocycles. The summed E-state index contributed by atoms with van der Waals surface area (Å²) in [7, 11) is 0. The zero-order valence-electron chi connectivity index (χ0n) is 9.96. The molecule has 2 aromatic heterocycles. The van der Waals surface area contributed by atoms with Gasteiger partial charge >= 0.3 is 0 Å². The second-order valence-corrected chi connectivity index (χ2v) is 4.17. The van der Waals surface area contributed by atoms with Crippen LogP contribution < -0.4 is 5.73 Å². The van der Waals surface area contributed by atoms with Gasteiger partial charge in [0.15, 0.2) is 5.82 Å². The average molecular weight is 236 g/mol. The second kappa shape index (κ2) is 4.07. The molecule has 0 atom stereocenters. The zero-order chi connectivity index (χ0) is 12.5. The number of aryl methyl sites for hydroxylation is 1. The number of pyridine rings is 1. The lowest BCUT2D eigenvalue weighted by molar-refractivity contribution is 1.12. The molecule has 0 spiro atoms. The number of anilines is 1. The van der Waals surface area contributed by atoms with Gasteiger partial charge in [-0.1, -0.05) is 6.07 Å². The summed E-state index contributed by atoms with van der Waals surface area (Å²) in [6, 6.07) is 11.6. The van der Waals surface area contributed by atoms with Crippen LogP contribution in [0.15, 0.2) is 42.6 Å². The van der Waals surface area contributed by atoms with Gasteiger partial charge < -0.3 is 5.73 Å². The van der Waals surface area contributed by atoms with E-state index >= 15 is 0 Å². The van der Waals surface area contributed by atoms with E-state index in [9.17, 15) is 0 Å². The maximum absolute atomic E-state index is 5.75. The topological polar surface area (TPSA) is 64.7 Å². The van der Waals surface area contributed by atoms with E-state index < -0.39 is 0 Å². The standard InChI is InChI=1S/C14H12N4/c1-9-7-13(15)18-14(17-9)11-4-5-12-10(8-11)3-2-6-16-12/h2-8H,1H3,(H2,15,17,18). The molecule has 0 saturated carbocycles. The van der Waals surface area contributed by atoms with E-state index in [1.807, 2.05) is 37.3 Å². The Hall–Kier alpha value is -2.49. The number of nitrogens with two attached hydrogens (primary N) is 1. The highest BCUT2D eigenvalue weighted by molar-refractivity contribution is 5.83. The summed E-state index contributed by atoms with van der Waals surface area (Å²) in [6.45, 7) is 1.91. The molecule has 3 rings (SSSR count). The molecular formula is C14H12N4. The summed E-state index contributed by atoms with van der Waals surface area (Å²) in [5.41, 5.74) is 8.52. The minimum atomic E-state index is 0.490. The molecule has 0 fully saturated rings. The molecule has 0 unspecified atom stereocenters. The summed E-state index contributed by atoms with van der Waals surface area (Å²) >= 11 is 0. The van der Waals surface area contributed by atoms with Gasteiger partial charge in [0, 0.05) is 28.9 Å². The van der Waals surface area contributed by atoms with Gasteiger partial charge in [-0.2, -0.15) is 0 Å². The predicted octanol–water partition coefficient (Wildman–Crippen LogP) is 2.58. The van der Waals surface area contributed by atoms with Gasteiger partial charge in [0.25, 0.3) is 0 Å². The van der Waals surface area contributed by atoms with Gasteiger partial charge in [-0.15, -0.1) is 0 Å². The highest BCUT2D eigenvalue weighted by Gasteiger charge is 2.04. The summed E-state index contributed by atoms with van der Waals surface area (Å²) < 4.78 is 0. The molecule has 0 saturated heterocycles. The first-order chi connectivity index (χ1) is 8.72. The molecule has 0 amide bonds. The van der Waals surface area contributed by atoms with Crippen molar-refractivity contribution in [2.24, 2.45) is 0 Å². The third kappa shape index (κ3) is 1.88. The van der Waals surface area contributed by atoms with Gasteiger partial charge in [-0.25, -0.2) is 9.97 Å². The van der Waals surface area contributed by atoms with E-state index in [0.717, 1.165) is 22.2 Å². The first-order valence-corrected chi connectivity index (χ1v) is 5.69. The van der Waals surface area contributed by atoms with Crippen molar-refractivity contribution in [2.45, 2.75) is 6.92 Å². The van der Waals surface area contributed by atoms with E-state index in [2.05, 4.69) is 15.0 Å². The van der Waals surface area contributed by atoms with Crippen LogP contribution in [0.5, 0.6) is 0 Å². The molecule has 0 aliphatic heterocycles. The maximum Gasteiger partial charge on any atom is 0.161 e. The SMILES string of the molecule is Cc1cc(N)nc(-c2ccc3ncccc3c2)n1. The number of nitrogens with zero attached hydrogens (tertiary/aromatic N) is 3. The Morgan fingerprint density at radius 3 is 2.78 bits per heavy atom. The maximum atomic E-state index is 5.75. The highest BCUT2D eigenvalue weighted by Crippen LogP contribution is 2.21. The van der Waals surface area contributed by atoms with Crippen LogP contribution in [0.4, 0.5) is 5.82 Å². The summed E-state index contributed by atoms with van der Waals surface area (Å²) in [5.74, 6) is 1.14. The van der Waals surface area contributed by atoms with Crippen LogP contribution in [-0.2, 0) is 0 Å². The first-order valence-electron chi connectivity index (χ1n) is 5.69. The fourth-order valence-corrected chi connectivity index (χ4v) is 1.94. The Morgan fingerprint density at radius 1 is 1.06 bits per heavy atom. The fourth-order valence-electron chi connectivity index (χ4n) is 1.94. The van der Waals surface area contributed by atoms with Crippen molar-refractivity contribution in [2.75, 3.05) is 5.73 Å². The van der Waals surface area contributed by atoms with E-state index in [0.29, 0.717) is 11.6 Å². The van der Waals surface area contributed by atoms with Gasteiger partial charge in [0.2, 0.25) is 0 Å². The second-order valence-electron chi connectivity index (χ2n) is 4.17. The Morgan fingerprint density at radius 2 is 1.94 bits per heavy atom. The van der Waals surface area contributed by atoms with Gasteiger partial charge in [-0.05, 0) is 31.2 Å². The highest BCUT2D eigenvalue weighted by atomic mass is 14.9. The van der Waals surface area contributed by atoms with Crippen LogP contribution in [0.1, 0.15) is 5.69 Å². The molecule has 18 heavy (non-hydrogen) atoms. The number of benzene rings is 1. The molecule has 0 bridgehead atoms. The lowest BCUT2D eigenvalue weighted by Gasteiger charge is -2.04. The molecule has 2 heterocycles. The monoisotopic (exact) mass is 236 g/mol. The summed E-state index contributed by atoms with van der Waals surface area (Å²) in [4.78, 5) is 12.9. The summed E-state index contributed by atoms with van der Waals surface area (Å²) in [6.07, 6.45) is 1.78. The van der Waals surface area contributed by atoms with Crippen molar-refractivity contribution in [3.63, 3.8) is 0 Å². The lowest BCUT2D eigenvalue weighted by Crippen LogP contribution is -1.97. The third-order valence-electron chi connectivity index (χ3n) is 2.74. The van der Waals surface area contributed by atoms with Crippen molar-refractivity contribution in [1.29, 1.82) is 0 Å². The third-order valence-corrected chi connectivity index (χ3v) is 2.74. The number of hydrogen-bond donors (Lipinski definition) is 1. The molecule has 2 N–H and O–H groups in total. The first kappa shape index (κ1) is 10.7. The van der Waals surface area contributed by atoms with Crippen LogP contribution in [0.2, 0.25) is 0 Å². The Bertz CT molecular complexity index is 702. The van der Waals surface area contributed by atoms with Crippen molar-refractivity contribution >= 4 is 16.7 Å². The largest absolute Gasteiger partial charge is 0.384 e. The van der Waals surface area contributed by atoms with Crippen LogP contribution in [0.25, 0.3) is 22.3 Å². The molecule has 4 heteroatoms. The number of fused-ring (bicyclic) bond motifs is 1. The van der Waals surface area contributed by atoms with E-state index in [1.54, 1.807) is 12.3 Å². The Balaban J connectivity index is 2.19. The minimum Gasteiger partial charge on any atom is -0.384 e. The van der Waals surface area contributed by atoms with Crippen molar-refractivity contribution in [1.82, 2.24) is 15.0 Å². The smallest absolute Gasteiger partial charge is 0.161 e. The molecule has 3 aromatic rings. The van der Waals surface area contributed by atoms with Gasteiger partial charge in [0.05, 0.1) is 5.52 Å². The Labute approximate surface area is 105 Å². The molecule has 0 radical (unpaired) electrons. The van der Waals surface area contributed by atoms with Crippen molar-refractivity contribution in [3.8, 4) is 11.4 Å². The number of hydrogen-bond acceptors (Lipinski definition) is 4. The van der Waals surface area contributed by atoms with E-state index in [1.165, 1.54) is 0 Å².